The van der Waals surface area contributed by atoms with Crippen molar-refractivity contribution in [3.05, 3.63) is 65.2 Å². The highest BCUT2D eigenvalue weighted by atomic mass is 16.1. The van der Waals surface area contributed by atoms with E-state index >= 15 is 0 Å². The van der Waals surface area contributed by atoms with Gasteiger partial charge in [0.05, 0.1) is 16.9 Å². The number of Topliss-reactive ketones (excluding diaryl/α,β-unsaturated/α-hetero) is 1. The normalized spacial score (nSPS) is 15.5. The van der Waals surface area contributed by atoms with Crippen molar-refractivity contribution in [1.29, 1.82) is 0 Å². The van der Waals surface area contributed by atoms with Crippen molar-refractivity contribution < 1.29 is 9.59 Å². The summed E-state index contributed by atoms with van der Waals surface area (Å²) >= 11 is 0. The third kappa shape index (κ3) is 3.95. The summed E-state index contributed by atoms with van der Waals surface area (Å²) in [4.78, 5) is 28.7. The van der Waals surface area contributed by atoms with Gasteiger partial charge in [-0.1, -0.05) is 36.4 Å². The Balaban J connectivity index is 2.06. The van der Waals surface area contributed by atoms with Gasteiger partial charge in [-0.2, -0.15) is 5.10 Å². The first-order valence-corrected chi connectivity index (χ1v) is 8.70. The zero-order valence-corrected chi connectivity index (χ0v) is 15.6. The third-order valence-corrected chi connectivity index (χ3v) is 4.36. The van der Waals surface area contributed by atoms with E-state index in [-0.39, 0.29) is 17.0 Å². The zero-order chi connectivity index (χ0) is 19.6. The predicted octanol–water partition coefficient (Wildman–Crippen LogP) is 2.97. The molecule has 0 saturated carbocycles. The van der Waals surface area contributed by atoms with E-state index in [4.69, 9.17) is 10.7 Å². The molecule has 1 heterocycles. The van der Waals surface area contributed by atoms with Gasteiger partial charge in [0, 0.05) is 11.1 Å². The van der Waals surface area contributed by atoms with Gasteiger partial charge < -0.3 is 5.73 Å². The van der Waals surface area contributed by atoms with Crippen LogP contribution in [0.2, 0.25) is 0 Å². The molecule has 0 fully saturated rings. The minimum absolute atomic E-state index is 0.0357. The Hall–Kier alpha value is -3.28. The average molecular weight is 362 g/mol. The van der Waals surface area contributed by atoms with Crippen molar-refractivity contribution >= 4 is 28.8 Å². The molecule has 138 valence electrons. The standard InChI is InChI=1S/C21H22N4O2/c1-13(26)15-9-6-7-11-17(15)24-25-19(20(22)27)18-16-10-5-4-8-14(16)12-21(2,3)23-18/h4-11,24H,12H2,1-3H3,(H2,22,27)/b25-19-. The number of carbonyl (C=O) groups excluding carboxylic acids is 2. The number of amides is 1. The molecule has 1 aliphatic heterocycles. The van der Waals surface area contributed by atoms with Crippen molar-refractivity contribution in [2.24, 2.45) is 15.8 Å². The smallest absolute Gasteiger partial charge is 0.271 e. The van der Waals surface area contributed by atoms with E-state index in [2.05, 4.69) is 10.5 Å². The number of hydrogen-bond acceptors (Lipinski definition) is 5. The van der Waals surface area contributed by atoms with Crippen molar-refractivity contribution in [3.8, 4) is 0 Å². The van der Waals surface area contributed by atoms with Gasteiger partial charge in [-0.25, -0.2) is 0 Å². The number of para-hydroxylation sites is 1. The molecular formula is C21H22N4O2. The number of carbonyl (C=O) groups is 2. The molecule has 0 aromatic heterocycles. The van der Waals surface area contributed by atoms with E-state index in [0.717, 1.165) is 17.5 Å². The Morgan fingerprint density at radius 2 is 1.78 bits per heavy atom. The first-order chi connectivity index (χ1) is 12.8. The molecule has 0 spiro atoms. The van der Waals surface area contributed by atoms with Crippen LogP contribution >= 0.6 is 0 Å². The summed E-state index contributed by atoms with van der Waals surface area (Å²) in [5.74, 6) is -0.788. The number of hydrazone groups is 1. The number of hydrogen-bond donors (Lipinski definition) is 2. The molecule has 3 N–H and O–H groups in total. The fourth-order valence-corrected chi connectivity index (χ4v) is 3.18. The minimum atomic E-state index is -0.686. The zero-order valence-electron chi connectivity index (χ0n) is 15.6. The maximum atomic E-state index is 12.2. The second-order valence-electron chi connectivity index (χ2n) is 7.15. The van der Waals surface area contributed by atoms with Crippen molar-refractivity contribution in [2.75, 3.05) is 5.43 Å². The van der Waals surface area contributed by atoms with Crippen LogP contribution in [0.25, 0.3) is 0 Å². The second-order valence-corrected chi connectivity index (χ2v) is 7.15. The molecule has 0 aliphatic carbocycles. The number of nitrogens with one attached hydrogen (secondary N) is 1. The lowest BCUT2D eigenvalue weighted by atomic mass is 9.85. The van der Waals surface area contributed by atoms with Crippen molar-refractivity contribution in [1.82, 2.24) is 0 Å². The van der Waals surface area contributed by atoms with Crippen LogP contribution in [0.15, 0.2) is 58.6 Å². The molecule has 0 atom stereocenters. The van der Waals surface area contributed by atoms with E-state index in [1.807, 2.05) is 38.1 Å². The number of nitrogens with zero attached hydrogens (tertiary/aromatic N) is 2. The van der Waals surface area contributed by atoms with E-state index < -0.39 is 5.91 Å². The van der Waals surface area contributed by atoms with Crippen molar-refractivity contribution in [2.45, 2.75) is 32.7 Å². The highest BCUT2D eigenvalue weighted by Gasteiger charge is 2.30. The van der Waals surface area contributed by atoms with Crippen molar-refractivity contribution in [3.63, 3.8) is 0 Å². The summed E-state index contributed by atoms with van der Waals surface area (Å²) in [6, 6.07) is 14.7. The first kappa shape index (κ1) is 18.5. The van der Waals surface area contributed by atoms with E-state index in [0.29, 0.717) is 17.0 Å². The van der Waals surface area contributed by atoms with Crippen LogP contribution in [0.3, 0.4) is 0 Å². The molecule has 2 aromatic rings. The van der Waals surface area contributed by atoms with Crippen LogP contribution in [-0.2, 0) is 11.2 Å². The van der Waals surface area contributed by atoms with E-state index in [9.17, 15) is 9.59 Å². The minimum Gasteiger partial charge on any atom is -0.364 e. The van der Waals surface area contributed by atoms with Crippen LogP contribution < -0.4 is 11.2 Å². The van der Waals surface area contributed by atoms with Gasteiger partial charge in [0.15, 0.2) is 11.5 Å². The van der Waals surface area contributed by atoms with Crippen LogP contribution in [0.4, 0.5) is 5.69 Å². The lowest BCUT2D eigenvalue weighted by molar-refractivity contribution is -0.111. The highest BCUT2D eigenvalue weighted by Crippen LogP contribution is 2.27. The fraction of sp³-hybridized carbons (Fsp3) is 0.238. The Kier molecular flexibility index (Phi) is 4.90. The largest absolute Gasteiger partial charge is 0.364 e. The number of ketones is 1. The van der Waals surface area contributed by atoms with Crippen LogP contribution in [0.5, 0.6) is 0 Å². The number of aliphatic imine (C=N–C) groups is 1. The van der Waals surface area contributed by atoms with Gasteiger partial charge in [0.25, 0.3) is 5.91 Å². The number of fused-ring (bicyclic) bond motifs is 1. The second kappa shape index (κ2) is 7.15. The lowest BCUT2D eigenvalue weighted by Crippen LogP contribution is -2.38. The summed E-state index contributed by atoms with van der Waals surface area (Å²) in [7, 11) is 0. The molecule has 1 amide bonds. The van der Waals surface area contributed by atoms with Gasteiger partial charge in [-0.3, -0.25) is 20.0 Å². The average Bonchev–Trinajstić information content (AvgIpc) is 2.60. The summed E-state index contributed by atoms with van der Waals surface area (Å²) in [6.07, 6.45) is 0.763. The lowest BCUT2D eigenvalue weighted by Gasteiger charge is -2.28. The first-order valence-electron chi connectivity index (χ1n) is 8.70. The van der Waals surface area contributed by atoms with Gasteiger partial charge in [-0.15, -0.1) is 0 Å². The Bertz CT molecular complexity index is 974. The Morgan fingerprint density at radius 3 is 2.48 bits per heavy atom. The number of benzene rings is 2. The molecule has 0 bridgehead atoms. The molecule has 2 aromatic carbocycles. The highest BCUT2D eigenvalue weighted by molar-refractivity contribution is 6.70. The quantitative estimate of drug-likeness (QED) is 0.486. The molecule has 6 nitrogen and oxygen atoms in total. The van der Waals surface area contributed by atoms with Crippen LogP contribution in [0, 0.1) is 0 Å². The van der Waals surface area contributed by atoms with Gasteiger partial charge in [0.1, 0.15) is 0 Å². The molecule has 6 heteroatoms. The molecule has 3 rings (SSSR count). The molecule has 27 heavy (non-hydrogen) atoms. The third-order valence-electron chi connectivity index (χ3n) is 4.36. The van der Waals surface area contributed by atoms with E-state index in [1.54, 1.807) is 24.3 Å². The number of rotatable bonds is 5. The summed E-state index contributed by atoms with van der Waals surface area (Å²) < 4.78 is 0. The molecular weight excluding hydrogens is 340 g/mol. The molecule has 0 saturated heterocycles. The topological polar surface area (TPSA) is 96.9 Å². The number of primary amides is 1. The Labute approximate surface area is 158 Å². The summed E-state index contributed by atoms with van der Waals surface area (Å²) in [5.41, 5.74) is 11.5. The van der Waals surface area contributed by atoms with Crippen LogP contribution in [0.1, 0.15) is 42.3 Å². The fourth-order valence-electron chi connectivity index (χ4n) is 3.18. The van der Waals surface area contributed by atoms with E-state index in [1.165, 1.54) is 6.92 Å². The summed E-state index contributed by atoms with van der Waals surface area (Å²) in [6.45, 7) is 5.48. The Morgan fingerprint density at radius 1 is 1.11 bits per heavy atom. The number of nitrogens with two attached hydrogens (primary N) is 1. The maximum absolute atomic E-state index is 12.2. The predicted molar refractivity (Wildman–Crippen MR) is 107 cm³/mol. The van der Waals surface area contributed by atoms with Gasteiger partial charge >= 0.3 is 0 Å². The molecule has 0 unspecified atom stereocenters. The number of anilines is 1. The van der Waals surface area contributed by atoms with Crippen LogP contribution in [-0.4, -0.2) is 28.7 Å². The SMILES string of the molecule is CC(=O)c1ccccc1N/N=C(\C(N)=O)C1=NC(C)(C)Cc2ccccc21. The molecule has 0 radical (unpaired) electrons. The summed E-state index contributed by atoms with van der Waals surface area (Å²) in [5, 5.41) is 4.23. The molecule has 1 aliphatic rings. The monoisotopic (exact) mass is 362 g/mol. The maximum Gasteiger partial charge on any atom is 0.271 e. The van der Waals surface area contributed by atoms with Gasteiger partial charge in [-0.05, 0) is 44.9 Å². The van der Waals surface area contributed by atoms with Gasteiger partial charge in [0.2, 0.25) is 0 Å².